The fourth-order valence-electron chi connectivity index (χ4n) is 4.38. The van der Waals surface area contributed by atoms with Gasteiger partial charge in [-0.15, -0.1) is 0 Å². The lowest BCUT2D eigenvalue weighted by Gasteiger charge is -2.26. The van der Waals surface area contributed by atoms with Crippen molar-refractivity contribution in [2.45, 2.75) is 53.4 Å². The molecule has 0 heteroatoms. The van der Waals surface area contributed by atoms with Crippen molar-refractivity contribution in [3.8, 4) is 22.3 Å². The zero-order chi connectivity index (χ0) is 20.8. The number of hydrogen-bond donors (Lipinski definition) is 0. The summed E-state index contributed by atoms with van der Waals surface area (Å²) in [5.41, 5.74) is 11.4. The first kappa shape index (κ1) is 19.7. The fourth-order valence-corrected chi connectivity index (χ4v) is 4.38. The summed E-state index contributed by atoms with van der Waals surface area (Å²) in [6.07, 6.45) is 3.53. The third-order valence-electron chi connectivity index (χ3n) is 6.09. The van der Waals surface area contributed by atoms with Crippen LogP contribution in [0, 0.1) is 5.41 Å². The Labute approximate surface area is 176 Å². The fraction of sp³-hybridized carbons (Fsp3) is 0.310. The first-order valence-electron chi connectivity index (χ1n) is 10.7. The maximum atomic E-state index is 2.47. The Morgan fingerprint density at radius 2 is 1.24 bits per heavy atom. The molecule has 0 atom stereocenters. The second-order valence-electron chi connectivity index (χ2n) is 10.3. The molecule has 0 amide bonds. The number of benzene rings is 3. The molecule has 0 fully saturated rings. The Bertz CT molecular complexity index is 1070. The Morgan fingerprint density at radius 3 is 1.86 bits per heavy atom. The molecule has 1 aliphatic rings. The molecule has 0 heterocycles. The third kappa shape index (κ3) is 3.69. The standard InChI is InChI=1S/C29H32/c1-28(2,3)22-18-21-16-17-26(29(4,5)6)27(25(21)19-22)24-15-11-10-14-23(24)20-12-8-7-9-13-20/h7-17,19H,18H2,1-6H3. The molecule has 0 saturated carbocycles. The van der Waals surface area contributed by atoms with Crippen molar-refractivity contribution < 1.29 is 0 Å². The highest BCUT2D eigenvalue weighted by atomic mass is 14.3. The van der Waals surface area contributed by atoms with Crippen molar-refractivity contribution in [1.29, 1.82) is 0 Å². The van der Waals surface area contributed by atoms with E-state index in [1.807, 2.05) is 0 Å². The molecule has 0 saturated heterocycles. The summed E-state index contributed by atoms with van der Waals surface area (Å²) in [6, 6.07) is 24.4. The quantitative estimate of drug-likeness (QED) is 0.419. The van der Waals surface area contributed by atoms with Gasteiger partial charge in [-0.05, 0) is 56.2 Å². The van der Waals surface area contributed by atoms with Crippen molar-refractivity contribution in [2.24, 2.45) is 5.41 Å². The van der Waals surface area contributed by atoms with Crippen LogP contribution in [-0.2, 0) is 11.8 Å². The Kier molecular flexibility index (Phi) is 4.77. The molecule has 0 nitrogen and oxygen atoms in total. The summed E-state index contributed by atoms with van der Waals surface area (Å²) in [6.45, 7) is 14.0. The molecule has 148 valence electrons. The summed E-state index contributed by atoms with van der Waals surface area (Å²) >= 11 is 0. The molecule has 0 aliphatic heterocycles. The first-order chi connectivity index (χ1) is 13.7. The van der Waals surface area contributed by atoms with Gasteiger partial charge < -0.3 is 0 Å². The lowest BCUT2D eigenvalue weighted by atomic mass is 9.78. The molecular weight excluding hydrogens is 348 g/mol. The molecule has 0 radical (unpaired) electrons. The van der Waals surface area contributed by atoms with Gasteiger partial charge in [0.1, 0.15) is 0 Å². The second-order valence-corrected chi connectivity index (χ2v) is 10.3. The first-order valence-corrected chi connectivity index (χ1v) is 10.7. The van der Waals surface area contributed by atoms with E-state index in [-0.39, 0.29) is 10.8 Å². The van der Waals surface area contributed by atoms with Crippen LogP contribution < -0.4 is 0 Å². The van der Waals surface area contributed by atoms with Crippen LogP contribution in [0.3, 0.4) is 0 Å². The molecule has 0 bridgehead atoms. The van der Waals surface area contributed by atoms with Crippen molar-refractivity contribution in [1.82, 2.24) is 0 Å². The van der Waals surface area contributed by atoms with Crippen LogP contribution in [0.25, 0.3) is 28.3 Å². The number of rotatable bonds is 2. The normalized spacial score (nSPS) is 13.9. The lowest BCUT2D eigenvalue weighted by Crippen LogP contribution is -2.14. The van der Waals surface area contributed by atoms with Gasteiger partial charge in [0.05, 0.1) is 0 Å². The van der Waals surface area contributed by atoms with Gasteiger partial charge in [-0.1, -0.05) is 120 Å². The van der Waals surface area contributed by atoms with Crippen molar-refractivity contribution in [3.05, 3.63) is 89.0 Å². The predicted octanol–water partition coefficient (Wildman–Crippen LogP) is 8.30. The van der Waals surface area contributed by atoms with Crippen LogP contribution >= 0.6 is 0 Å². The van der Waals surface area contributed by atoms with E-state index in [1.54, 1.807) is 0 Å². The van der Waals surface area contributed by atoms with E-state index < -0.39 is 0 Å². The van der Waals surface area contributed by atoms with Gasteiger partial charge in [-0.2, -0.15) is 0 Å². The van der Waals surface area contributed by atoms with E-state index in [1.165, 1.54) is 44.5 Å². The van der Waals surface area contributed by atoms with Gasteiger partial charge in [-0.3, -0.25) is 0 Å². The maximum Gasteiger partial charge on any atom is -0.00523 e. The van der Waals surface area contributed by atoms with Gasteiger partial charge in [0.15, 0.2) is 0 Å². The van der Waals surface area contributed by atoms with Crippen LogP contribution in [-0.4, -0.2) is 0 Å². The molecule has 0 unspecified atom stereocenters. The van der Waals surface area contributed by atoms with Crippen LogP contribution in [0.5, 0.6) is 0 Å². The second kappa shape index (κ2) is 7.02. The van der Waals surface area contributed by atoms with Crippen molar-refractivity contribution in [2.75, 3.05) is 0 Å². The third-order valence-corrected chi connectivity index (χ3v) is 6.09. The summed E-state index contributed by atoms with van der Waals surface area (Å²) < 4.78 is 0. The monoisotopic (exact) mass is 380 g/mol. The Hall–Kier alpha value is -2.60. The molecule has 0 aromatic heterocycles. The Balaban J connectivity index is 2.03. The zero-order valence-corrected chi connectivity index (χ0v) is 18.6. The molecule has 4 rings (SSSR count). The number of allylic oxidation sites excluding steroid dienone is 1. The minimum Gasteiger partial charge on any atom is -0.0622 e. The molecule has 3 aromatic carbocycles. The van der Waals surface area contributed by atoms with Crippen LogP contribution in [0.2, 0.25) is 0 Å². The Morgan fingerprint density at radius 1 is 0.621 bits per heavy atom. The molecule has 1 aliphatic carbocycles. The van der Waals surface area contributed by atoms with Crippen LogP contribution in [0.1, 0.15) is 58.2 Å². The maximum absolute atomic E-state index is 2.47. The summed E-state index contributed by atoms with van der Waals surface area (Å²) in [4.78, 5) is 0. The molecule has 0 spiro atoms. The zero-order valence-electron chi connectivity index (χ0n) is 18.6. The highest BCUT2D eigenvalue weighted by Gasteiger charge is 2.29. The van der Waals surface area contributed by atoms with E-state index in [0.29, 0.717) is 0 Å². The number of fused-ring (bicyclic) bond motifs is 1. The van der Waals surface area contributed by atoms with E-state index in [4.69, 9.17) is 0 Å². The van der Waals surface area contributed by atoms with Crippen LogP contribution in [0.15, 0.2) is 72.3 Å². The average Bonchev–Trinajstić information content (AvgIpc) is 3.12. The van der Waals surface area contributed by atoms with Crippen molar-refractivity contribution in [3.63, 3.8) is 0 Å². The van der Waals surface area contributed by atoms with E-state index in [2.05, 4.69) is 114 Å². The molecule has 3 aromatic rings. The van der Waals surface area contributed by atoms with Gasteiger partial charge >= 0.3 is 0 Å². The minimum absolute atomic E-state index is 0.0759. The molecule has 0 N–H and O–H groups in total. The van der Waals surface area contributed by atoms with Gasteiger partial charge in [-0.25, -0.2) is 0 Å². The molecular formula is C29H32. The van der Waals surface area contributed by atoms with Crippen molar-refractivity contribution >= 4 is 6.08 Å². The summed E-state index contributed by atoms with van der Waals surface area (Å²) in [5.74, 6) is 0. The average molecular weight is 381 g/mol. The predicted molar refractivity (Wildman–Crippen MR) is 127 cm³/mol. The smallest absolute Gasteiger partial charge is 0.00523 e. The van der Waals surface area contributed by atoms with E-state index in [0.717, 1.165) is 6.42 Å². The highest BCUT2D eigenvalue weighted by Crippen LogP contribution is 2.46. The molecule has 29 heavy (non-hydrogen) atoms. The lowest BCUT2D eigenvalue weighted by molar-refractivity contribution is 0.498. The van der Waals surface area contributed by atoms with Gasteiger partial charge in [0.2, 0.25) is 0 Å². The summed E-state index contributed by atoms with van der Waals surface area (Å²) in [7, 11) is 0. The summed E-state index contributed by atoms with van der Waals surface area (Å²) in [5, 5.41) is 0. The van der Waals surface area contributed by atoms with E-state index >= 15 is 0 Å². The van der Waals surface area contributed by atoms with Crippen LogP contribution in [0.4, 0.5) is 0 Å². The SMILES string of the molecule is CC(C)(C)C1=Cc2c(ccc(C(C)(C)C)c2-c2ccccc2-c2ccccc2)C1. The van der Waals surface area contributed by atoms with Gasteiger partial charge in [0, 0.05) is 0 Å². The minimum atomic E-state index is 0.0759. The topological polar surface area (TPSA) is 0 Å². The largest absolute Gasteiger partial charge is 0.0622 e. The van der Waals surface area contributed by atoms with Gasteiger partial charge in [0.25, 0.3) is 0 Å². The number of hydrogen-bond acceptors (Lipinski definition) is 0. The highest BCUT2D eigenvalue weighted by molar-refractivity contribution is 5.91. The van der Waals surface area contributed by atoms with E-state index in [9.17, 15) is 0 Å².